The third-order valence-corrected chi connectivity index (χ3v) is 6.63. The molecule has 1 atom stereocenters. The van der Waals surface area contributed by atoms with Gasteiger partial charge in [0.2, 0.25) is 5.91 Å². The van der Waals surface area contributed by atoms with E-state index in [0.717, 1.165) is 41.2 Å². The molecule has 2 aromatic rings. The highest BCUT2D eigenvalue weighted by Crippen LogP contribution is 2.39. The number of aryl methyl sites for hydroxylation is 3. The van der Waals surface area contributed by atoms with Crippen molar-refractivity contribution in [2.75, 3.05) is 37.6 Å². The van der Waals surface area contributed by atoms with Gasteiger partial charge >= 0.3 is 0 Å². The molecule has 2 amide bonds. The minimum absolute atomic E-state index is 0. The van der Waals surface area contributed by atoms with Crippen molar-refractivity contribution in [2.45, 2.75) is 40.5 Å². The van der Waals surface area contributed by atoms with E-state index < -0.39 is 0 Å². The van der Waals surface area contributed by atoms with Gasteiger partial charge in [-0.2, -0.15) is 0 Å². The van der Waals surface area contributed by atoms with Crippen LogP contribution in [-0.2, 0) is 4.79 Å². The standard InChI is InChI=1S/C25H32N4O2.ClH/c1-16-12-18(3)22(26-14-16)28-8-10-29(11-9-28)24(31)20-7-6-19(13-17(20)2)21-23(30)27-15-25(21,4)5;/h6-7,12-14,21H,8-11,15H2,1-5H3,(H,27,30);1H. The first-order valence-electron chi connectivity index (χ1n) is 11.0. The van der Waals surface area contributed by atoms with E-state index >= 15 is 0 Å². The van der Waals surface area contributed by atoms with E-state index in [9.17, 15) is 9.59 Å². The van der Waals surface area contributed by atoms with Gasteiger partial charge in [0.15, 0.2) is 0 Å². The third-order valence-electron chi connectivity index (χ3n) is 6.63. The number of anilines is 1. The summed E-state index contributed by atoms with van der Waals surface area (Å²) in [6.07, 6.45) is 1.90. The summed E-state index contributed by atoms with van der Waals surface area (Å²) in [5, 5.41) is 2.97. The molecule has 0 radical (unpaired) electrons. The number of halogens is 1. The number of aromatic nitrogens is 1. The summed E-state index contributed by atoms with van der Waals surface area (Å²) in [6, 6.07) is 8.01. The Bertz CT molecular complexity index is 1030. The quantitative estimate of drug-likeness (QED) is 0.765. The molecule has 6 nitrogen and oxygen atoms in total. The number of pyridine rings is 1. The summed E-state index contributed by atoms with van der Waals surface area (Å²) in [4.78, 5) is 34.4. The molecule has 4 rings (SSSR count). The van der Waals surface area contributed by atoms with Gasteiger partial charge in [-0.25, -0.2) is 4.98 Å². The van der Waals surface area contributed by atoms with Crippen molar-refractivity contribution in [3.8, 4) is 0 Å². The van der Waals surface area contributed by atoms with Crippen molar-refractivity contribution in [2.24, 2.45) is 5.41 Å². The second-order valence-corrected chi connectivity index (χ2v) is 9.65. The molecule has 0 saturated carbocycles. The van der Waals surface area contributed by atoms with Gasteiger partial charge in [0.1, 0.15) is 5.82 Å². The van der Waals surface area contributed by atoms with E-state index in [1.54, 1.807) is 0 Å². The average molecular weight is 457 g/mol. The average Bonchev–Trinajstić information content (AvgIpc) is 3.00. The minimum atomic E-state index is -0.177. The molecule has 172 valence electrons. The molecule has 1 aromatic carbocycles. The normalized spacial score (nSPS) is 20.0. The van der Waals surface area contributed by atoms with E-state index in [4.69, 9.17) is 0 Å². The Morgan fingerprint density at radius 3 is 2.31 bits per heavy atom. The topological polar surface area (TPSA) is 65.5 Å². The lowest BCUT2D eigenvalue weighted by molar-refractivity contribution is -0.121. The van der Waals surface area contributed by atoms with E-state index in [-0.39, 0.29) is 35.6 Å². The van der Waals surface area contributed by atoms with Crippen molar-refractivity contribution in [1.29, 1.82) is 0 Å². The summed E-state index contributed by atoms with van der Waals surface area (Å²) in [7, 11) is 0. The molecule has 32 heavy (non-hydrogen) atoms. The molecular weight excluding hydrogens is 424 g/mol. The van der Waals surface area contributed by atoms with Crippen LogP contribution in [0.5, 0.6) is 0 Å². The highest BCUT2D eigenvalue weighted by Gasteiger charge is 2.42. The zero-order valence-electron chi connectivity index (χ0n) is 19.6. The molecule has 0 aliphatic carbocycles. The van der Waals surface area contributed by atoms with Crippen LogP contribution in [0.4, 0.5) is 5.82 Å². The molecule has 7 heteroatoms. The molecule has 1 N–H and O–H groups in total. The number of hydrogen-bond donors (Lipinski definition) is 1. The predicted octanol–water partition coefficient (Wildman–Crippen LogP) is 3.63. The molecule has 2 aliphatic rings. The van der Waals surface area contributed by atoms with Gasteiger partial charge in [-0.05, 0) is 54.5 Å². The third kappa shape index (κ3) is 4.46. The molecular formula is C25H33ClN4O2. The number of amides is 2. The van der Waals surface area contributed by atoms with E-state index in [2.05, 4.69) is 42.0 Å². The molecule has 2 fully saturated rings. The molecule has 3 heterocycles. The fourth-order valence-corrected chi connectivity index (χ4v) is 4.91. The maximum atomic E-state index is 13.2. The summed E-state index contributed by atoms with van der Waals surface area (Å²) >= 11 is 0. The lowest BCUT2D eigenvalue weighted by atomic mass is 9.77. The minimum Gasteiger partial charge on any atom is -0.355 e. The Kier molecular flexibility index (Phi) is 6.84. The van der Waals surface area contributed by atoms with Crippen LogP contribution in [0.3, 0.4) is 0 Å². The Hall–Kier alpha value is -2.60. The zero-order chi connectivity index (χ0) is 22.3. The van der Waals surface area contributed by atoms with Crippen LogP contribution in [0, 0.1) is 26.2 Å². The first-order chi connectivity index (χ1) is 14.7. The molecule has 2 saturated heterocycles. The zero-order valence-corrected chi connectivity index (χ0v) is 20.4. The van der Waals surface area contributed by atoms with Crippen LogP contribution in [0.25, 0.3) is 0 Å². The number of carbonyl (C=O) groups is 2. The van der Waals surface area contributed by atoms with Crippen LogP contribution in [0.15, 0.2) is 30.5 Å². The van der Waals surface area contributed by atoms with E-state index in [1.807, 2.05) is 43.1 Å². The van der Waals surface area contributed by atoms with Crippen LogP contribution < -0.4 is 10.2 Å². The summed E-state index contributed by atoms with van der Waals surface area (Å²) in [5.41, 5.74) is 4.83. The van der Waals surface area contributed by atoms with Gasteiger partial charge in [-0.3, -0.25) is 9.59 Å². The Labute approximate surface area is 196 Å². The first kappa shape index (κ1) is 24.1. The van der Waals surface area contributed by atoms with Gasteiger partial charge < -0.3 is 15.1 Å². The Balaban J connectivity index is 0.00000289. The Morgan fingerprint density at radius 1 is 1.06 bits per heavy atom. The van der Waals surface area contributed by atoms with Crippen molar-refractivity contribution < 1.29 is 9.59 Å². The van der Waals surface area contributed by atoms with Crippen LogP contribution in [-0.4, -0.2) is 54.4 Å². The van der Waals surface area contributed by atoms with Crippen molar-refractivity contribution >= 4 is 30.0 Å². The maximum Gasteiger partial charge on any atom is 0.254 e. The number of nitrogens with one attached hydrogen (secondary N) is 1. The first-order valence-corrected chi connectivity index (χ1v) is 11.0. The Morgan fingerprint density at radius 2 is 1.75 bits per heavy atom. The fraction of sp³-hybridized carbons (Fsp3) is 0.480. The molecule has 0 spiro atoms. The number of nitrogens with zero attached hydrogens (tertiary/aromatic N) is 3. The number of hydrogen-bond acceptors (Lipinski definition) is 4. The lowest BCUT2D eigenvalue weighted by Gasteiger charge is -2.36. The number of rotatable bonds is 3. The van der Waals surface area contributed by atoms with Gasteiger partial charge in [0.05, 0.1) is 5.92 Å². The van der Waals surface area contributed by atoms with Gasteiger partial charge in [-0.1, -0.05) is 32.0 Å². The monoisotopic (exact) mass is 456 g/mol. The molecule has 0 bridgehead atoms. The van der Waals surface area contributed by atoms with Gasteiger partial charge in [-0.15, -0.1) is 12.4 Å². The largest absolute Gasteiger partial charge is 0.355 e. The highest BCUT2D eigenvalue weighted by molar-refractivity contribution is 5.96. The SMILES string of the molecule is Cc1cnc(N2CCN(C(=O)c3ccc(C4C(=O)NCC4(C)C)cc3C)CC2)c(C)c1.Cl. The van der Waals surface area contributed by atoms with Gasteiger partial charge in [0, 0.05) is 44.5 Å². The number of benzene rings is 1. The van der Waals surface area contributed by atoms with E-state index in [1.165, 1.54) is 5.56 Å². The van der Waals surface area contributed by atoms with Crippen molar-refractivity contribution in [1.82, 2.24) is 15.2 Å². The summed E-state index contributed by atoms with van der Waals surface area (Å²) in [6.45, 7) is 13.9. The van der Waals surface area contributed by atoms with E-state index in [0.29, 0.717) is 19.6 Å². The number of carbonyl (C=O) groups excluding carboxylic acids is 2. The number of piperazine rings is 1. The van der Waals surface area contributed by atoms with Crippen LogP contribution in [0.1, 0.15) is 52.4 Å². The fourth-order valence-electron chi connectivity index (χ4n) is 4.91. The predicted molar refractivity (Wildman–Crippen MR) is 130 cm³/mol. The van der Waals surface area contributed by atoms with Crippen LogP contribution in [0.2, 0.25) is 0 Å². The maximum absolute atomic E-state index is 13.2. The molecule has 1 unspecified atom stereocenters. The second-order valence-electron chi connectivity index (χ2n) is 9.65. The molecule has 1 aromatic heterocycles. The van der Waals surface area contributed by atoms with Crippen molar-refractivity contribution in [3.63, 3.8) is 0 Å². The smallest absolute Gasteiger partial charge is 0.254 e. The van der Waals surface area contributed by atoms with Gasteiger partial charge in [0.25, 0.3) is 5.91 Å². The molecule has 2 aliphatic heterocycles. The summed E-state index contributed by atoms with van der Waals surface area (Å²) < 4.78 is 0. The van der Waals surface area contributed by atoms with Crippen molar-refractivity contribution in [3.05, 3.63) is 58.3 Å². The second kappa shape index (κ2) is 9.10. The lowest BCUT2D eigenvalue weighted by Crippen LogP contribution is -2.49. The summed E-state index contributed by atoms with van der Waals surface area (Å²) in [5.74, 6) is 0.965. The van der Waals surface area contributed by atoms with Crippen LogP contribution >= 0.6 is 12.4 Å². The highest BCUT2D eigenvalue weighted by atomic mass is 35.5.